The summed E-state index contributed by atoms with van der Waals surface area (Å²) < 4.78 is 3.63. The van der Waals surface area contributed by atoms with Crippen LogP contribution in [0.15, 0.2) is 41.3 Å². The Bertz CT molecular complexity index is 1270. The molecule has 2 aromatic heterocycles. The summed E-state index contributed by atoms with van der Waals surface area (Å²) in [5, 5.41) is 12.0. The molecule has 10 heteroatoms. The quantitative estimate of drug-likeness (QED) is 0.437. The van der Waals surface area contributed by atoms with E-state index in [0.717, 1.165) is 37.1 Å². The number of benzene rings is 1. The van der Waals surface area contributed by atoms with E-state index in [2.05, 4.69) is 21.7 Å². The molecule has 0 bridgehead atoms. The minimum atomic E-state index is -1.07. The standard InChI is InChI=1S/C25H30ClN5O4/c1-2-3-4-12-30-21(29-11-5-6-18(15-29)24(35)27-14-23(33)34)13-22(32)31-16-20(28-25(30)31)17-7-9-19(26)10-8-17/h7-10,13,16,18H,2-6,11-12,14-15H2,1H3,(H,27,35)(H,33,34)/t18-/m0/s1. The van der Waals surface area contributed by atoms with Crippen LogP contribution >= 0.6 is 11.6 Å². The Balaban J connectivity index is 1.71. The topological polar surface area (TPSA) is 109 Å². The summed E-state index contributed by atoms with van der Waals surface area (Å²) in [6.07, 6.45) is 6.23. The van der Waals surface area contributed by atoms with Gasteiger partial charge in [0.05, 0.1) is 11.6 Å². The Hall–Kier alpha value is -3.33. The van der Waals surface area contributed by atoms with Crippen molar-refractivity contribution in [3.05, 3.63) is 51.9 Å². The molecule has 3 aromatic rings. The van der Waals surface area contributed by atoms with Gasteiger partial charge in [-0.3, -0.25) is 23.4 Å². The molecule has 1 aliphatic rings. The minimum Gasteiger partial charge on any atom is -0.480 e. The molecule has 1 fully saturated rings. The number of nitrogens with zero attached hydrogens (tertiary/aromatic N) is 4. The molecule has 1 aromatic carbocycles. The molecule has 35 heavy (non-hydrogen) atoms. The van der Waals surface area contributed by atoms with Crippen LogP contribution in [0.2, 0.25) is 5.02 Å². The van der Waals surface area contributed by atoms with Crippen molar-refractivity contribution in [2.45, 2.75) is 45.6 Å². The zero-order valence-electron chi connectivity index (χ0n) is 19.7. The molecule has 0 unspecified atom stereocenters. The SMILES string of the molecule is CCCCCn1c(N2CCC[C@H](C(=O)NCC(=O)O)C2)cc(=O)n2cc(-c3ccc(Cl)cc3)nc12. The Morgan fingerprint density at radius 1 is 1.23 bits per heavy atom. The monoisotopic (exact) mass is 499 g/mol. The van der Waals surface area contributed by atoms with Gasteiger partial charge in [-0.2, -0.15) is 0 Å². The summed E-state index contributed by atoms with van der Waals surface area (Å²) in [5.41, 5.74) is 1.36. The first-order chi connectivity index (χ1) is 16.9. The van der Waals surface area contributed by atoms with Crippen LogP contribution in [-0.4, -0.2) is 50.6 Å². The maximum absolute atomic E-state index is 13.1. The molecule has 1 atom stereocenters. The average molecular weight is 500 g/mol. The fraction of sp³-hybridized carbons (Fsp3) is 0.440. The van der Waals surface area contributed by atoms with E-state index in [0.29, 0.717) is 42.5 Å². The van der Waals surface area contributed by atoms with Gasteiger partial charge >= 0.3 is 5.97 Å². The Morgan fingerprint density at radius 3 is 2.71 bits per heavy atom. The van der Waals surface area contributed by atoms with Crippen molar-refractivity contribution in [3.63, 3.8) is 0 Å². The molecule has 186 valence electrons. The number of carboxylic acids is 1. The molecular weight excluding hydrogens is 470 g/mol. The molecule has 1 saturated heterocycles. The van der Waals surface area contributed by atoms with Crippen molar-refractivity contribution < 1.29 is 14.7 Å². The van der Waals surface area contributed by atoms with Crippen molar-refractivity contribution >= 4 is 35.1 Å². The number of aliphatic carboxylic acids is 1. The summed E-state index contributed by atoms with van der Waals surface area (Å²) in [7, 11) is 0. The van der Waals surface area contributed by atoms with Crippen molar-refractivity contribution in [2.24, 2.45) is 5.92 Å². The van der Waals surface area contributed by atoms with Crippen LogP contribution in [0, 0.1) is 5.92 Å². The number of carbonyl (C=O) groups is 2. The van der Waals surface area contributed by atoms with E-state index in [-0.39, 0.29) is 17.4 Å². The molecule has 1 amide bonds. The number of anilines is 1. The molecule has 4 rings (SSSR count). The first-order valence-electron chi connectivity index (χ1n) is 12.0. The average Bonchev–Trinajstić information content (AvgIpc) is 3.30. The van der Waals surface area contributed by atoms with E-state index >= 15 is 0 Å². The van der Waals surface area contributed by atoms with Gasteiger partial charge in [-0.1, -0.05) is 43.5 Å². The maximum Gasteiger partial charge on any atom is 0.322 e. The normalized spacial score (nSPS) is 15.9. The number of aryl methyl sites for hydroxylation is 1. The van der Waals surface area contributed by atoms with Crippen LogP contribution in [0.1, 0.15) is 39.0 Å². The van der Waals surface area contributed by atoms with Crippen molar-refractivity contribution in [1.82, 2.24) is 19.3 Å². The van der Waals surface area contributed by atoms with Crippen molar-refractivity contribution in [3.8, 4) is 11.3 Å². The van der Waals surface area contributed by atoms with Gasteiger partial charge in [-0.15, -0.1) is 0 Å². The Morgan fingerprint density at radius 2 is 2.00 bits per heavy atom. The molecule has 0 aliphatic carbocycles. The fourth-order valence-electron chi connectivity index (χ4n) is 4.55. The van der Waals surface area contributed by atoms with E-state index < -0.39 is 12.5 Å². The van der Waals surface area contributed by atoms with Gasteiger partial charge in [-0.05, 0) is 31.4 Å². The second-order valence-corrected chi connectivity index (χ2v) is 9.34. The predicted octanol–water partition coefficient (Wildman–Crippen LogP) is 3.42. The number of carboxylic acid groups (broad SMARTS) is 1. The highest BCUT2D eigenvalue weighted by Gasteiger charge is 2.28. The zero-order valence-corrected chi connectivity index (χ0v) is 20.5. The van der Waals surface area contributed by atoms with Gasteiger partial charge in [0, 0.05) is 42.5 Å². The number of fused-ring (bicyclic) bond motifs is 1. The lowest BCUT2D eigenvalue weighted by Crippen LogP contribution is -2.45. The molecule has 9 nitrogen and oxygen atoms in total. The molecule has 3 heterocycles. The maximum atomic E-state index is 13.1. The van der Waals surface area contributed by atoms with Gasteiger partial charge in [0.15, 0.2) is 0 Å². The van der Waals surface area contributed by atoms with Crippen molar-refractivity contribution in [1.29, 1.82) is 0 Å². The summed E-state index contributed by atoms with van der Waals surface area (Å²) in [4.78, 5) is 43.4. The molecule has 0 radical (unpaired) electrons. The van der Waals surface area contributed by atoms with Crippen molar-refractivity contribution in [2.75, 3.05) is 24.5 Å². The largest absolute Gasteiger partial charge is 0.480 e. The number of hydrogen-bond acceptors (Lipinski definition) is 5. The number of nitrogens with one attached hydrogen (secondary N) is 1. The van der Waals surface area contributed by atoms with E-state index in [9.17, 15) is 14.4 Å². The molecule has 2 N–H and O–H groups in total. The smallest absolute Gasteiger partial charge is 0.322 e. The Labute approximate surface area is 208 Å². The van der Waals surface area contributed by atoms with Gasteiger partial charge in [0.25, 0.3) is 5.56 Å². The number of piperidine rings is 1. The second-order valence-electron chi connectivity index (χ2n) is 8.90. The summed E-state index contributed by atoms with van der Waals surface area (Å²) in [6, 6.07) is 8.96. The number of halogens is 1. The number of imidazole rings is 1. The summed E-state index contributed by atoms with van der Waals surface area (Å²) in [5.74, 6) is -0.391. The van der Waals surface area contributed by atoms with Crippen LogP contribution in [0.4, 0.5) is 5.82 Å². The van der Waals surface area contributed by atoms with Crippen LogP contribution in [0.3, 0.4) is 0 Å². The fourth-order valence-corrected chi connectivity index (χ4v) is 4.67. The highest BCUT2D eigenvalue weighted by Crippen LogP contribution is 2.26. The molecular formula is C25H30ClN5O4. The number of hydrogen-bond donors (Lipinski definition) is 2. The van der Waals surface area contributed by atoms with Crippen LogP contribution < -0.4 is 15.8 Å². The number of unbranched alkanes of at least 4 members (excludes halogenated alkanes) is 2. The van der Waals surface area contributed by atoms with Gasteiger partial charge in [-0.25, -0.2) is 4.98 Å². The number of rotatable bonds is 9. The third-order valence-electron chi connectivity index (χ3n) is 6.35. The number of aromatic nitrogens is 3. The lowest BCUT2D eigenvalue weighted by Gasteiger charge is -2.35. The first kappa shape index (κ1) is 24.8. The van der Waals surface area contributed by atoms with Crippen LogP contribution in [0.5, 0.6) is 0 Å². The summed E-state index contributed by atoms with van der Waals surface area (Å²) >= 11 is 6.03. The van der Waals surface area contributed by atoms with E-state index in [1.54, 1.807) is 28.8 Å². The first-order valence-corrected chi connectivity index (χ1v) is 12.4. The lowest BCUT2D eigenvalue weighted by molar-refractivity contribution is -0.138. The van der Waals surface area contributed by atoms with Gasteiger partial charge in [0.1, 0.15) is 12.4 Å². The zero-order chi connectivity index (χ0) is 24.9. The van der Waals surface area contributed by atoms with E-state index in [1.165, 1.54) is 0 Å². The van der Waals surface area contributed by atoms with Crippen LogP contribution in [0.25, 0.3) is 17.0 Å². The molecule has 1 aliphatic heterocycles. The van der Waals surface area contributed by atoms with E-state index in [4.69, 9.17) is 21.7 Å². The molecule has 0 spiro atoms. The van der Waals surface area contributed by atoms with Gasteiger partial charge < -0.3 is 15.3 Å². The minimum absolute atomic E-state index is 0.188. The Kier molecular flexibility index (Phi) is 7.75. The highest BCUT2D eigenvalue weighted by atomic mass is 35.5. The second kappa shape index (κ2) is 10.9. The van der Waals surface area contributed by atoms with E-state index in [1.807, 2.05) is 12.1 Å². The summed E-state index contributed by atoms with van der Waals surface area (Å²) in [6.45, 7) is 3.55. The van der Waals surface area contributed by atoms with Gasteiger partial charge in [0.2, 0.25) is 11.7 Å². The third-order valence-corrected chi connectivity index (χ3v) is 6.60. The molecule has 0 saturated carbocycles. The lowest BCUT2D eigenvalue weighted by atomic mass is 9.97. The highest BCUT2D eigenvalue weighted by molar-refractivity contribution is 6.30. The predicted molar refractivity (Wildman–Crippen MR) is 135 cm³/mol. The number of carbonyl (C=O) groups excluding carboxylic acids is 1. The third kappa shape index (κ3) is 5.67. The number of amides is 1. The van der Waals surface area contributed by atoms with Crippen LogP contribution in [-0.2, 0) is 16.1 Å².